The Kier molecular flexibility index (Phi) is 6.12. The van der Waals surface area contributed by atoms with E-state index in [0.717, 1.165) is 18.4 Å². The van der Waals surface area contributed by atoms with Crippen LogP contribution in [0.25, 0.3) is 0 Å². The van der Waals surface area contributed by atoms with Crippen molar-refractivity contribution >= 4 is 11.9 Å². The third-order valence-electron chi connectivity index (χ3n) is 4.27. The molecular weight excluding hydrogens is 296 g/mol. The summed E-state index contributed by atoms with van der Waals surface area (Å²) >= 11 is 0. The Morgan fingerprint density at radius 1 is 1.35 bits per heavy atom. The van der Waals surface area contributed by atoms with Crippen molar-refractivity contribution in [2.75, 3.05) is 20.2 Å². The van der Waals surface area contributed by atoms with Gasteiger partial charge in [0.15, 0.2) is 0 Å². The van der Waals surface area contributed by atoms with E-state index in [1.165, 1.54) is 0 Å². The van der Waals surface area contributed by atoms with Gasteiger partial charge in [0.05, 0.1) is 13.2 Å². The van der Waals surface area contributed by atoms with E-state index >= 15 is 0 Å². The van der Waals surface area contributed by atoms with Crippen molar-refractivity contribution < 1.29 is 19.4 Å². The fourth-order valence-electron chi connectivity index (χ4n) is 2.96. The lowest BCUT2D eigenvalue weighted by Crippen LogP contribution is -2.54. The zero-order chi connectivity index (χ0) is 16.8. The van der Waals surface area contributed by atoms with Gasteiger partial charge >= 0.3 is 5.97 Å². The number of hydrogen-bond acceptors (Lipinski definition) is 4. The van der Waals surface area contributed by atoms with E-state index in [-0.39, 0.29) is 24.5 Å². The van der Waals surface area contributed by atoms with Crippen molar-refractivity contribution in [2.24, 2.45) is 0 Å². The fourth-order valence-corrected chi connectivity index (χ4v) is 2.96. The van der Waals surface area contributed by atoms with Crippen molar-refractivity contribution in [2.45, 2.75) is 38.5 Å². The SMILES string of the molecule is CCN(CC(=O)O)C1CC(NC(=O)c2ccccc2COC)C1. The van der Waals surface area contributed by atoms with Gasteiger partial charge in [0, 0.05) is 24.8 Å². The summed E-state index contributed by atoms with van der Waals surface area (Å²) in [4.78, 5) is 25.2. The number of methoxy groups -OCH3 is 1. The van der Waals surface area contributed by atoms with Crippen LogP contribution in [-0.2, 0) is 16.1 Å². The van der Waals surface area contributed by atoms with Crippen LogP contribution in [0.5, 0.6) is 0 Å². The molecule has 126 valence electrons. The minimum Gasteiger partial charge on any atom is -0.480 e. The minimum atomic E-state index is -0.812. The quantitative estimate of drug-likeness (QED) is 0.759. The van der Waals surface area contributed by atoms with Gasteiger partial charge in [-0.15, -0.1) is 0 Å². The van der Waals surface area contributed by atoms with Crippen LogP contribution in [-0.4, -0.2) is 54.2 Å². The number of amides is 1. The van der Waals surface area contributed by atoms with Gasteiger partial charge in [-0.3, -0.25) is 14.5 Å². The van der Waals surface area contributed by atoms with Gasteiger partial charge in [0.2, 0.25) is 0 Å². The van der Waals surface area contributed by atoms with Gasteiger partial charge in [-0.05, 0) is 31.0 Å². The Bertz CT molecular complexity index is 555. The van der Waals surface area contributed by atoms with E-state index in [9.17, 15) is 9.59 Å². The molecule has 0 aromatic heterocycles. The maximum Gasteiger partial charge on any atom is 0.317 e. The van der Waals surface area contributed by atoms with Crippen LogP contribution >= 0.6 is 0 Å². The predicted octanol–water partition coefficient (Wildman–Crippen LogP) is 1.50. The topological polar surface area (TPSA) is 78.9 Å². The molecule has 1 fully saturated rings. The number of carboxylic acid groups (broad SMARTS) is 1. The molecule has 1 aliphatic carbocycles. The largest absolute Gasteiger partial charge is 0.480 e. The van der Waals surface area contributed by atoms with Crippen molar-refractivity contribution in [3.8, 4) is 0 Å². The number of hydrogen-bond donors (Lipinski definition) is 2. The zero-order valence-corrected chi connectivity index (χ0v) is 13.6. The summed E-state index contributed by atoms with van der Waals surface area (Å²) < 4.78 is 5.12. The number of nitrogens with zero attached hydrogens (tertiary/aromatic N) is 1. The molecule has 0 bridgehead atoms. The second-order valence-corrected chi connectivity index (χ2v) is 5.84. The van der Waals surface area contributed by atoms with Crippen molar-refractivity contribution in [3.05, 3.63) is 35.4 Å². The van der Waals surface area contributed by atoms with Gasteiger partial charge in [0.25, 0.3) is 5.91 Å². The molecule has 6 nitrogen and oxygen atoms in total. The normalized spacial score (nSPS) is 20.1. The highest BCUT2D eigenvalue weighted by molar-refractivity contribution is 5.95. The molecule has 23 heavy (non-hydrogen) atoms. The average molecular weight is 320 g/mol. The summed E-state index contributed by atoms with van der Waals surface area (Å²) in [6.07, 6.45) is 1.58. The molecule has 1 saturated carbocycles. The number of carbonyl (C=O) groups excluding carboxylic acids is 1. The summed E-state index contributed by atoms with van der Waals surface area (Å²) in [5, 5.41) is 11.9. The molecule has 0 atom stereocenters. The standard InChI is InChI=1S/C17H24N2O4/c1-3-19(10-16(20)21)14-8-13(9-14)18-17(22)15-7-5-4-6-12(15)11-23-2/h4-7,13-14H,3,8-11H2,1-2H3,(H,18,22)(H,20,21). The van der Waals surface area contributed by atoms with E-state index in [0.29, 0.717) is 18.7 Å². The van der Waals surface area contributed by atoms with Crippen LogP contribution in [0.2, 0.25) is 0 Å². The highest BCUT2D eigenvalue weighted by Gasteiger charge is 2.34. The Morgan fingerprint density at radius 2 is 2.04 bits per heavy atom. The van der Waals surface area contributed by atoms with Crippen molar-refractivity contribution in [1.82, 2.24) is 10.2 Å². The molecule has 0 aliphatic heterocycles. The van der Waals surface area contributed by atoms with Crippen LogP contribution < -0.4 is 5.32 Å². The number of benzene rings is 1. The van der Waals surface area contributed by atoms with Crippen LogP contribution in [0.1, 0.15) is 35.7 Å². The molecule has 2 rings (SSSR count). The van der Waals surface area contributed by atoms with Crippen LogP contribution in [0.4, 0.5) is 0 Å². The molecular formula is C17H24N2O4. The monoisotopic (exact) mass is 320 g/mol. The van der Waals surface area contributed by atoms with Crippen LogP contribution in [0.3, 0.4) is 0 Å². The van der Waals surface area contributed by atoms with Crippen LogP contribution in [0.15, 0.2) is 24.3 Å². The number of rotatable bonds is 8. The van der Waals surface area contributed by atoms with Crippen molar-refractivity contribution in [3.63, 3.8) is 0 Å². The molecule has 0 heterocycles. The number of carbonyl (C=O) groups is 2. The van der Waals surface area contributed by atoms with E-state index in [1.807, 2.05) is 30.0 Å². The van der Waals surface area contributed by atoms with Crippen LogP contribution in [0, 0.1) is 0 Å². The Labute approximate surface area is 136 Å². The van der Waals surface area contributed by atoms with E-state index in [2.05, 4.69) is 5.32 Å². The first-order valence-electron chi connectivity index (χ1n) is 7.88. The average Bonchev–Trinajstić information content (AvgIpc) is 2.49. The zero-order valence-electron chi connectivity index (χ0n) is 13.6. The Balaban J connectivity index is 1.88. The smallest absolute Gasteiger partial charge is 0.317 e. The Morgan fingerprint density at radius 3 is 2.65 bits per heavy atom. The lowest BCUT2D eigenvalue weighted by atomic mass is 9.85. The molecule has 1 aliphatic rings. The second kappa shape index (κ2) is 8.08. The third-order valence-corrected chi connectivity index (χ3v) is 4.27. The highest BCUT2D eigenvalue weighted by atomic mass is 16.5. The highest BCUT2D eigenvalue weighted by Crippen LogP contribution is 2.26. The molecule has 1 amide bonds. The Hall–Kier alpha value is -1.92. The number of carboxylic acids is 1. The minimum absolute atomic E-state index is 0.0541. The summed E-state index contributed by atoms with van der Waals surface area (Å²) in [5.41, 5.74) is 1.50. The first-order valence-corrected chi connectivity index (χ1v) is 7.88. The summed E-state index contributed by atoms with van der Waals surface area (Å²) in [6.45, 7) is 3.11. The maximum absolute atomic E-state index is 12.4. The summed E-state index contributed by atoms with van der Waals surface area (Å²) in [5.74, 6) is -0.907. The predicted molar refractivity (Wildman–Crippen MR) is 86.3 cm³/mol. The molecule has 0 spiro atoms. The molecule has 0 radical (unpaired) electrons. The van der Waals surface area contributed by atoms with Gasteiger partial charge < -0.3 is 15.2 Å². The van der Waals surface area contributed by atoms with Gasteiger partial charge in [-0.1, -0.05) is 25.1 Å². The first kappa shape index (κ1) is 17.4. The number of aliphatic carboxylic acids is 1. The lowest BCUT2D eigenvalue weighted by Gasteiger charge is -2.42. The molecule has 2 N–H and O–H groups in total. The number of ether oxygens (including phenoxy) is 1. The lowest BCUT2D eigenvalue weighted by molar-refractivity contribution is -0.139. The van der Waals surface area contributed by atoms with E-state index in [4.69, 9.17) is 9.84 Å². The van der Waals surface area contributed by atoms with E-state index < -0.39 is 5.97 Å². The molecule has 1 aromatic carbocycles. The fraction of sp³-hybridized carbons (Fsp3) is 0.529. The molecule has 0 unspecified atom stereocenters. The van der Waals surface area contributed by atoms with Gasteiger partial charge in [-0.25, -0.2) is 0 Å². The van der Waals surface area contributed by atoms with Crippen molar-refractivity contribution in [1.29, 1.82) is 0 Å². The van der Waals surface area contributed by atoms with Gasteiger partial charge in [-0.2, -0.15) is 0 Å². The summed E-state index contributed by atoms with van der Waals surface area (Å²) in [6, 6.07) is 7.73. The van der Waals surface area contributed by atoms with Gasteiger partial charge in [0.1, 0.15) is 0 Å². The molecule has 0 saturated heterocycles. The summed E-state index contributed by atoms with van der Waals surface area (Å²) in [7, 11) is 1.60. The van der Waals surface area contributed by atoms with E-state index in [1.54, 1.807) is 13.2 Å². The maximum atomic E-state index is 12.4. The molecule has 6 heteroatoms. The molecule has 1 aromatic rings. The number of likely N-dealkylation sites (N-methyl/N-ethyl adjacent to an activating group) is 1. The third kappa shape index (κ3) is 4.53. The first-order chi connectivity index (χ1) is 11.0. The second-order valence-electron chi connectivity index (χ2n) is 5.84. The number of nitrogens with one attached hydrogen (secondary N) is 1.